The largest absolute Gasteiger partial charge is 0.492 e. The number of ether oxygens (including phenoxy) is 1. The molecule has 25 heavy (non-hydrogen) atoms. The van der Waals surface area contributed by atoms with Gasteiger partial charge >= 0.3 is 0 Å². The molecule has 2 aromatic carbocycles. The molecule has 0 radical (unpaired) electrons. The molecule has 4 rings (SSSR count). The standard InChI is InChI=1S/C21H23N3O/c1-15-10-16(2)24(23-15)20-8-5-6-17(11-20)13-22-19-12-18-7-3-4-9-21(18)25-14-19/h3-11,19,22H,12-14H2,1-2H3. The summed E-state index contributed by atoms with van der Waals surface area (Å²) in [4.78, 5) is 0. The highest BCUT2D eigenvalue weighted by Gasteiger charge is 2.18. The van der Waals surface area contributed by atoms with Crippen LogP contribution in [0.3, 0.4) is 0 Å². The van der Waals surface area contributed by atoms with Gasteiger partial charge in [-0.05, 0) is 55.7 Å². The minimum atomic E-state index is 0.340. The highest BCUT2D eigenvalue weighted by atomic mass is 16.5. The van der Waals surface area contributed by atoms with Crippen LogP contribution in [0, 0.1) is 13.8 Å². The van der Waals surface area contributed by atoms with Gasteiger partial charge in [0.25, 0.3) is 0 Å². The third-order valence-corrected chi connectivity index (χ3v) is 4.64. The van der Waals surface area contributed by atoms with Gasteiger partial charge in [0.05, 0.1) is 11.4 Å². The van der Waals surface area contributed by atoms with Gasteiger partial charge in [0.1, 0.15) is 12.4 Å². The fraction of sp³-hybridized carbons (Fsp3) is 0.286. The second-order valence-corrected chi connectivity index (χ2v) is 6.71. The molecule has 0 aliphatic carbocycles. The van der Waals surface area contributed by atoms with Crippen LogP contribution in [0.4, 0.5) is 0 Å². The lowest BCUT2D eigenvalue weighted by molar-refractivity contribution is 0.238. The molecule has 0 fully saturated rings. The monoisotopic (exact) mass is 333 g/mol. The number of aryl methyl sites for hydroxylation is 2. The zero-order chi connectivity index (χ0) is 17.2. The van der Waals surface area contributed by atoms with E-state index in [-0.39, 0.29) is 0 Å². The highest BCUT2D eigenvalue weighted by Crippen LogP contribution is 2.24. The van der Waals surface area contributed by atoms with Crippen molar-refractivity contribution in [3.63, 3.8) is 0 Å². The quantitative estimate of drug-likeness (QED) is 0.793. The van der Waals surface area contributed by atoms with E-state index in [1.54, 1.807) is 0 Å². The summed E-state index contributed by atoms with van der Waals surface area (Å²) in [5.41, 5.74) is 5.83. The van der Waals surface area contributed by atoms with Crippen molar-refractivity contribution in [1.82, 2.24) is 15.1 Å². The fourth-order valence-corrected chi connectivity index (χ4v) is 3.41. The zero-order valence-electron chi connectivity index (χ0n) is 14.7. The molecule has 0 spiro atoms. The number of nitrogens with one attached hydrogen (secondary N) is 1. The first-order chi connectivity index (χ1) is 12.2. The molecule has 4 nitrogen and oxygen atoms in total. The zero-order valence-corrected chi connectivity index (χ0v) is 14.7. The first-order valence-electron chi connectivity index (χ1n) is 8.76. The van der Waals surface area contributed by atoms with Crippen LogP contribution in [-0.4, -0.2) is 22.4 Å². The van der Waals surface area contributed by atoms with Crippen molar-refractivity contribution in [3.8, 4) is 11.4 Å². The Balaban J connectivity index is 1.44. The predicted molar refractivity (Wildman–Crippen MR) is 99.3 cm³/mol. The van der Waals surface area contributed by atoms with Gasteiger partial charge in [-0.3, -0.25) is 0 Å². The van der Waals surface area contributed by atoms with Crippen molar-refractivity contribution in [1.29, 1.82) is 0 Å². The maximum Gasteiger partial charge on any atom is 0.122 e. The molecule has 0 bridgehead atoms. The van der Waals surface area contributed by atoms with Crippen LogP contribution in [0.1, 0.15) is 22.5 Å². The number of benzene rings is 2. The van der Waals surface area contributed by atoms with E-state index in [1.165, 1.54) is 11.1 Å². The Morgan fingerprint density at radius 1 is 1.12 bits per heavy atom. The SMILES string of the molecule is Cc1cc(C)n(-c2cccc(CNC3COc4ccccc4C3)c2)n1. The molecule has 0 saturated carbocycles. The van der Waals surface area contributed by atoms with Gasteiger partial charge in [-0.1, -0.05) is 30.3 Å². The average Bonchev–Trinajstić information content (AvgIpc) is 2.98. The maximum atomic E-state index is 5.86. The molecular weight excluding hydrogens is 310 g/mol. The predicted octanol–water partition coefficient (Wildman–Crippen LogP) is 3.58. The third-order valence-electron chi connectivity index (χ3n) is 4.64. The lowest BCUT2D eigenvalue weighted by Gasteiger charge is -2.26. The Labute approximate surface area is 148 Å². The summed E-state index contributed by atoms with van der Waals surface area (Å²) in [5, 5.41) is 8.20. The van der Waals surface area contributed by atoms with Crippen molar-refractivity contribution in [2.24, 2.45) is 0 Å². The van der Waals surface area contributed by atoms with Crippen LogP contribution >= 0.6 is 0 Å². The Morgan fingerprint density at radius 3 is 2.84 bits per heavy atom. The Morgan fingerprint density at radius 2 is 2.00 bits per heavy atom. The number of hydrogen-bond acceptors (Lipinski definition) is 3. The van der Waals surface area contributed by atoms with Crippen LogP contribution < -0.4 is 10.1 Å². The molecule has 1 aliphatic heterocycles. The van der Waals surface area contributed by atoms with Gasteiger partial charge in [-0.2, -0.15) is 5.10 Å². The van der Waals surface area contributed by atoms with Gasteiger partial charge < -0.3 is 10.1 Å². The minimum absolute atomic E-state index is 0.340. The summed E-state index contributed by atoms with van der Waals surface area (Å²) in [6, 6.07) is 19.3. The molecule has 1 N–H and O–H groups in total. The minimum Gasteiger partial charge on any atom is -0.492 e. The molecule has 0 saturated heterocycles. The van der Waals surface area contributed by atoms with Crippen LogP contribution in [0.2, 0.25) is 0 Å². The topological polar surface area (TPSA) is 39.1 Å². The first kappa shape index (κ1) is 15.9. The van der Waals surface area contributed by atoms with E-state index < -0.39 is 0 Å². The highest BCUT2D eigenvalue weighted by molar-refractivity contribution is 5.38. The van der Waals surface area contributed by atoms with E-state index in [2.05, 4.69) is 59.8 Å². The summed E-state index contributed by atoms with van der Waals surface area (Å²) in [6.07, 6.45) is 1.01. The lowest BCUT2D eigenvalue weighted by atomic mass is 10.0. The Kier molecular flexibility index (Phi) is 4.28. The summed E-state index contributed by atoms with van der Waals surface area (Å²) >= 11 is 0. The van der Waals surface area contributed by atoms with E-state index in [0.29, 0.717) is 12.6 Å². The number of fused-ring (bicyclic) bond motifs is 1. The summed E-state index contributed by atoms with van der Waals surface area (Å²) in [5.74, 6) is 1.02. The summed E-state index contributed by atoms with van der Waals surface area (Å²) < 4.78 is 7.86. The lowest BCUT2D eigenvalue weighted by Crippen LogP contribution is -2.38. The van der Waals surface area contributed by atoms with Gasteiger partial charge in [0, 0.05) is 18.3 Å². The van der Waals surface area contributed by atoms with E-state index in [4.69, 9.17) is 4.74 Å². The van der Waals surface area contributed by atoms with Crippen LogP contribution in [0.25, 0.3) is 5.69 Å². The number of nitrogens with zero attached hydrogens (tertiary/aromatic N) is 2. The fourth-order valence-electron chi connectivity index (χ4n) is 3.41. The maximum absolute atomic E-state index is 5.86. The van der Waals surface area contributed by atoms with Crippen LogP contribution in [0.5, 0.6) is 5.75 Å². The molecule has 1 atom stereocenters. The molecule has 2 heterocycles. The molecule has 3 aromatic rings. The second-order valence-electron chi connectivity index (χ2n) is 6.71. The van der Waals surface area contributed by atoms with Gasteiger partial charge in [0.2, 0.25) is 0 Å². The molecule has 1 unspecified atom stereocenters. The van der Waals surface area contributed by atoms with Crippen LogP contribution in [0.15, 0.2) is 54.6 Å². The number of rotatable bonds is 4. The number of aromatic nitrogens is 2. The van der Waals surface area contributed by atoms with E-state index in [0.717, 1.165) is 35.8 Å². The van der Waals surface area contributed by atoms with Crippen molar-refractivity contribution < 1.29 is 4.74 Å². The molecule has 1 aliphatic rings. The molecular formula is C21H23N3O. The summed E-state index contributed by atoms with van der Waals surface area (Å²) in [6.45, 7) is 5.65. The third kappa shape index (κ3) is 3.44. The first-order valence-corrected chi connectivity index (χ1v) is 8.76. The second kappa shape index (κ2) is 6.73. The smallest absolute Gasteiger partial charge is 0.122 e. The van der Waals surface area contributed by atoms with E-state index >= 15 is 0 Å². The Bertz CT molecular complexity index is 884. The van der Waals surface area contributed by atoms with Gasteiger partial charge in [-0.15, -0.1) is 0 Å². The van der Waals surface area contributed by atoms with Crippen molar-refractivity contribution in [3.05, 3.63) is 77.1 Å². The van der Waals surface area contributed by atoms with Gasteiger partial charge in [0.15, 0.2) is 0 Å². The van der Waals surface area contributed by atoms with Crippen molar-refractivity contribution >= 4 is 0 Å². The number of hydrogen-bond donors (Lipinski definition) is 1. The van der Waals surface area contributed by atoms with Crippen molar-refractivity contribution in [2.75, 3.05) is 6.61 Å². The molecule has 0 amide bonds. The van der Waals surface area contributed by atoms with Gasteiger partial charge in [-0.25, -0.2) is 4.68 Å². The average molecular weight is 333 g/mol. The van der Waals surface area contributed by atoms with Crippen LogP contribution in [-0.2, 0) is 13.0 Å². The van der Waals surface area contributed by atoms with E-state index in [1.807, 2.05) is 23.7 Å². The molecule has 1 aromatic heterocycles. The molecule has 4 heteroatoms. The van der Waals surface area contributed by atoms with Crippen molar-refractivity contribution in [2.45, 2.75) is 32.9 Å². The summed E-state index contributed by atoms with van der Waals surface area (Å²) in [7, 11) is 0. The molecule has 128 valence electrons. The Hall–Kier alpha value is -2.59. The normalized spacial score (nSPS) is 16.3. The number of para-hydroxylation sites is 1. The van der Waals surface area contributed by atoms with E-state index in [9.17, 15) is 0 Å².